The monoisotopic (exact) mass is 244 g/mol. The summed E-state index contributed by atoms with van der Waals surface area (Å²) < 4.78 is 0. The number of aliphatic carboxylic acids is 1. The first-order chi connectivity index (χ1) is 7.75. The molecule has 0 aromatic heterocycles. The molecule has 0 aliphatic carbocycles. The van der Waals surface area contributed by atoms with E-state index in [0.717, 1.165) is 6.42 Å². The summed E-state index contributed by atoms with van der Waals surface area (Å²) in [4.78, 5) is 26.3. The Morgan fingerprint density at radius 1 is 1.24 bits per heavy atom. The quantitative estimate of drug-likeness (QED) is 0.441. The molecule has 0 amide bonds. The number of carbonyl (C=O) groups excluding carboxylic acids is 1. The minimum Gasteiger partial charge on any atom is -0.478 e. The average molecular weight is 244 g/mol. The largest absolute Gasteiger partial charge is 0.478 e. The maximum Gasteiger partial charge on any atom is 0.369 e. The van der Waals surface area contributed by atoms with Crippen molar-refractivity contribution in [1.29, 1.82) is 0 Å². The fourth-order valence-electron chi connectivity index (χ4n) is 1.62. The molecule has 0 aliphatic rings. The Morgan fingerprint density at radius 3 is 2.06 bits per heavy atom. The standard InChI is InChI=1S/C12H20O5/c1-5-6-7-8(10(13)14)9(11(15)17-16)12(2,3)4/h16H,5-7H2,1-4H3,(H,13,14)/b9-8-. The van der Waals surface area contributed by atoms with E-state index < -0.39 is 17.4 Å². The van der Waals surface area contributed by atoms with Crippen LogP contribution in [0.2, 0.25) is 0 Å². The van der Waals surface area contributed by atoms with E-state index in [-0.39, 0.29) is 17.6 Å². The third-order valence-corrected chi connectivity index (χ3v) is 2.38. The van der Waals surface area contributed by atoms with Gasteiger partial charge in [-0.15, -0.1) is 0 Å². The molecule has 0 aliphatic heterocycles. The highest BCUT2D eigenvalue weighted by atomic mass is 17.1. The summed E-state index contributed by atoms with van der Waals surface area (Å²) in [5.74, 6) is -2.14. The Bertz CT molecular complexity index is 322. The van der Waals surface area contributed by atoms with Gasteiger partial charge in [0.1, 0.15) is 0 Å². The van der Waals surface area contributed by atoms with Crippen LogP contribution in [0.1, 0.15) is 47.0 Å². The van der Waals surface area contributed by atoms with Crippen molar-refractivity contribution >= 4 is 11.9 Å². The molecule has 0 rings (SSSR count). The van der Waals surface area contributed by atoms with Crippen LogP contribution in [0.15, 0.2) is 11.1 Å². The van der Waals surface area contributed by atoms with Gasteiger partial charge in [0.2, 0.25) is 0 Å². The zero-order valence-electron chi connectivity index (χ0n) is 10.7. The summed E-state index contributed by atoms with van der Waals surface area (Å²) in [6, 6.07) is 0. The van der Waals surface area contributed by atoms with Crippen LogP contribution in [0.5, 0.6) is 0 Å². The van der Waals surface area contributed by atoms with Crippen molar-refractivity contribution in [2.45, 2.75) is 47.0 Å². The highest BCUT2D eigenvalue weighted by Gasteiger charge is 2.31. The lowest BCUT2D eigenvalue weighted by Crippen LogP contribution is -2.24. The topological polar surface area (TPSA) is 83.8 Å². The molecule has 2 N–H and O–H groups in total. The molecule has 0 spiro atoms. The van der Waals surface area contributed by atoms with Crippen molar-refractivity contribution in [3.05, 3.63) is 11.1 Å². The molecular weight excluding hydrogens is 224 g/mol. The van der Waals surface area contributed by atoms with Gasteiger partial charge in [0, 0.05) is 5.57 Å². The molecule has 0 fully saturated rings. The van der Waals surface area contributed by atoms with Crippen LogP contribution in [0, 0.1) is 5.41 Å². The minimum atomic E-state index is -1.14. The summed E-state index contributed by atoms with van der Waals surface area (Å²) >= 11 is 0. The number of carbonyl (C=O) groups is 2. The summed E-state index contributed by atoms with van der Waals surface area (Å²) in [5, 5.41) is 17.6. The Morgan fingerprint density at radius 2 is 1.76 bits per heavy atom. The fraction of sp³-hybridized carbons (Fsp3) is 0.667. The van der Waals surface area contributed by atoms with Crippen LogP contribution < -0.4 is 0 Å². The van der Waals surface area contributed by atoms with Crippen molar-refractivity contribution < 1.29 is 24.8 Å². The molecule has 0 aromatic rings. The first-order valence-corrected chi connectivity index (χ1v) is 5.58. The van der Waals surface area contributed by atoms with Gasteiger partial charge in [-0.1, -0.05) is 34.1 Å². The lowest BCUT2D eigenvalue weighted by molar-refractivity contribution is -0.230. The first kappa shape index (κ1) is 15.6. The highest BCUT2D eigenvalue weighted by Crippen LogP contribution is 2.31. The van der Waals surface area contributed by atoms with E-state index in [4.69, 9.17) is 10.4 Å². The Hall–Kier alpha value is -1.36. The maximum atomic E-state index is 11.5. The molecule has 0 radical (unpaired) electrons. The Balaban J connectivity index is 5.57. The first-order valence-electron chi connectivity index (χ1n) is 5.58. The summed E-state index contributed by atoms with van der Waals surface area (Å²) in [7, 11) is 0. The van der Waals surface area contributed by atoms with Crippen LogP contribution in [-0.4, -0.2) is 22.3 Å². The minimum absolute atomic E-state index is 0.0124. The van der Waals surface area contributed by atoms with Crippen LogP contribution in [-0.2, 0) is 14.5 Å². The fourth-order valence-corrected chi connectivity index (χ4v) is 1.62. The van der Waals surface area contributed by atoms with Gasteiger partial charge in [0.15, 0.2) is 0 Å². The molecule has 0 unspecified atom stereocenters. The molecule has 5 heteroatoms. The van der Waals surface area contributed by atoms with Gasteiger partial charge < -0.3 is 5.11 Å². The number of hydrogen-bond acceptors (Lipinski definition) is 4. The van der Waals surface area contributed by atoms with Crippen LogP contribution >= 0.6 is 0 Å². The molecule has 0 aromatic carbocycles. The molecule has 5 nitrogen and oxygen atoms in total. The van der Waals surface area contributed by atoms with Gasteiger partial charge in [0.25, 0.3) is 0 Å². The van der Waals surface area contributed by atoms with Crippen LogP contribution in [0.3, 0.4) is 0 Å². The smallest absolute Gasteiger partial charge is 0.369 e. The lowest BCUT2D eigenvalue weighted by atomic mass is 9.82. The molecule has 0 saturated carbocycles. The maximum absolute atomic E-state index is 11.5. The number of unbranched alkanes of at least 4 members (excludes halogenated alkanes) is 1. The zero-order chi connectivity index (χ0) is 13.6. The second kappa shape index (κ2) is 6.39. The Labute approximate surface area is 101 Å². The van der Waals surface area contributed by atoms with Gasteiger partial charge in [-0.3, -0.25) is 4.89 Å². The number of rotatable bonds is 5. The van der Waals surface area contributed by atoms with E-state index in [1.54, 1.807) is 20.8 Å². The second-order valence-corrected chi connectivity index (χ2v) is 4.89. The third-order valence-electron chi connectivity index (χ3n) is 2.38. The third kappa shape index (κ3) is 4.56. The molecule has 98 valence electrons. The number of carboxylic acid groups (broad SMARTS) is 1. The van der Waals surface area contributed by atoms with Gasteiger partial charge in [-0.05, 0) is 18.3 Å². The highest BCUT2D eigenvalue weighted by molar-refractivity contribution is 6.00. The van der Waals surface area contributed by atoms with E-state index in [1.807, 2.05) is 6.92 Å². The molecule has 0 heterocycles. The van der Waals surface area contributed by atoms with Crippen molar-refractivity contribution in [3.63, 3.8) is 0 Å². The van der Waals surface area contributed by atoms with Gasteiger partial charge in [-0.25, -0.2) is 9.59 Å². The molecular formula is C12H20O5. The summed E-state index contributed by atoms with van der Waals surface area (Å²) in [5.41, 5.74) is -0.666. The predicted molar refractivity (Wildman–Crippen MR) is 62.4 cm³/mol. The zero-order valence-corrected chi connectivity index (χ0v) is 10.7. The predicted octanol–water partition coefficient (Wildman–Crippen LogP) is 2.62. The van der Waals surface area contributed by atoms with E-state index in [1.165, 1.54) is 0 Å². The van der Waals surface area contributed by atoms with Crippen LogP contribution in [0.4, 0.5) is 0 Å². The number of carboxylic acids is 1. The molecule has 0 bridgehead atoms. The van der Waals surface area contributed by atoms with Crippen molar-refractivity contribution in [2.24, 2.45) is 5.41 Å². The Kier molecular flexibility index (Phi) is 5.88. The molecule has 0 atom stereocenters. The summed E-state index contributed by atoms with van der Waals surface area (Å²) in [6.07, 6.45) is 1.77. The van der Waals surface area contributed by atoms with E-state index in [0.29, 0.717) is 6.42 Å². The summed E-state index contributed by atoms with van der Waals surface area (Å²) in [6.45, 7) is 7.04. The van der Waals surface area contributed by atoms with Crippen molar-refractivity contribution in [3.8, 4) is 0 Å². The SMILES string of the molecule is CCCC/C(C(=O)O)=C(\C(=O)OO)C(C)(C)C. The van der Waals surface area contributed by atoms with Crippen molar-refractivity contribution in [1.82, 2.24) is 0 Å². The van der Waals surface area contributed by atoms with Gasteiger partial charge in [0.05, 0.1) is 5.57 Å². The number of hydrogen-bond donors (Lipinski definition) is 2. The van der Waals surface area contributed by atoms with Gasteiger partial charge >= 0.3 is 11.9 Å². The van der Waals surface area contributed by atoms with E-state index in [9.17, 15) is 9.59 Å². The second-order valence-electron chi connectivity index (χ2n) is 4.89. The molecule has 17 heavy (non-hydrogen) atoms. The normalized spacial score (nSPS) is 13.0. The average Bonchev–Trinajstić information content (AvgIpc) is 2.20. The molecule has 0 saturated heterocycles. The van der Waals surface area contributed by atoms with Gasteiger partial charge in [-0.2, -0.15) is 5.26 Å². The van der Waals surface area contributed by atoms with E-state index >= 15 is 0 Å². The van der Waals surface area contributed by atoms with Crippen LogP contribution in [0.25, 0.3) is 0 Å². The van der Waals surface area contributed by atoms with E-state index in [2.05, 4.69) is 4.89 Å². The van der Waals surface area contributed by atoms with Crippen molar-refractivity contribution in [2.75, 3.05) is 0 Å². The lowest BCUT2D eigenvalue weighted by Gasteiger charge is -2.22.